The molecule has 32 heavy (non-hydrogen) atoms. The topological polar surface area (TPSA) is 68.8 Å². The molecule has 1 fully saturated rings. The van der Waals surface area contributed by atoms with Gasteiger partial charge in [0.2, 0.25) is 5.91 Å². The molecule has 2 aromatic carbocycles. The third kappa shape index (κ3) is 5.88. The summed E-state index contributed by atoms with van der Waals surface area (Å²) in [5.74, 6) is 1.82. The van der Waals surface area contributed by atoms with Crippen molar-refractivity contribution in [2.75, 3.05) is 32.0 Å². The van der Waals surface area contributed by atoms with Crippen LogP contribution in [0.1, 0.15) is 48.8 Å². The van der Waals surface area contributed by atoms with E-state index < -0.39 is 0 Å². The summed E-state index contributed by atoms with van der Waals surface area (Å²) in [5, 5.41) is 9.74. The molecule has 0 spiro atoms. The molecular formula is C26H35N5O. The first-order valence-electron chi connectivity index (χ1n) is 11.7. The summed E-state index contributed by atoms with van der Waals surface area (Å²) in [6.45, 7) is 7.19. The smallest absolute Gasteiger partial charge is 0.225 e. The van der Waals surface area contributed by atoms with E-state index >= 15 is 0 Å². The molecular weight excluding hydrogens is 398 g/mol. The van der Waals surface area contributed by atoms with E-state index in [9.17, 15) is 4.79 Å². The number of hydrogen-bond donors (Lipinski definition) is 3. The summed E-state index contributed by atoms with van der Waals surface area (Å²) < 4.78 is 0. The van der Waals surface area contributed by atoms with Crippen molar-refractivity contribution >= 4 is 17.6 Å². The van der Waals surface area contributed by atoms with E-state index in [-0.39, 0.29) is 11.8 Å². The Hall–Kier alpha value is -2.86. The number of guanidine groups is 1. The Bertz CT molecular complexity index is 931. The number of carbonyl (C=O) groups excluding carboxylic acids is 1. The van der Waals surface area contributed by atoms with Crippen molar-refractivity contribution in [3.05, 3.63) is 65.2 Å². The number of nitrogens with zero attached hydrogens (tertiary/aromatic N) is 2. The predicted molar refractivity (Wildman–Crippen MR) is 131 cm³/mol. The molecule has 0 aliphatic carbocycles. The Labute approximate surface area is 191 Å². The highest BCUT2D eigenvalue weighted by Crippen LogP contribution is 2.31. The van der Waals surface area contributed by atoms with Crippen molar-refractivity contribution in [2.24, 2.45) is 10.9 Å². The second-order valence-corrected chi connectivity index (χ2v) is 9.12. The van der Waals surface area contributed by atoms with Crippen LogP contribution in [0.5, 0.6) is 0 Å². The van der Waals surface area contributed by atoms with Crippen LogP contribution in [0.15, 0.2) is 53.5 Å². The van der Waals surface area contributed by atoms with Crippen molar-refractivity contribution in [1.29, 1.82) is 0 Å². The van der Waals surface area contributed by atoms with Crippen LogP contribution in [-0.4, -0.2) is 43.4 Å². The second kappa shape index (κ2) is 10.6. The second-order valence-electron chi connectivity index (χ2n) is 9.12. The fourth-order valence-corrected chi connectivity index (χ4v) is 4.55. The van der Waals surface area contributed by atoms with Gasteiger partial charge in [0.05, 0.1) is 0 Å². The molecule has 0 bridgehead atoms. The lowest BCUT2D eigenvalue weighted by Gasteiger charge is -2.30. The maximum Gasteiger partial charge on any atom is 0.225 e. The van der Waals surface area contributed by atoms with Crippen LogP contribution < -0.4 is 16.0 Å². The normalized spacial score (nSPS) is 19.9. The number of amides is 1. The molecule has 6 heteroatoms. The van der Waals surface area contributed by atoms with E-state index in [1.165, 1.54) is 42.6 Å². The standard InChI is InChI=1S/C26H35N5O/c1-19-11-13-31(14-12-19)18-21-9-7-20(8-10-21)16-28-26(27-2)29-17-22-15-25(32)30-24-6-4-3-5-23(22)24/h3-10,19,22H,11-18H2,1-2H3,(H,30,32)(H2,27,28,29). The minimum absolute atomic E-state index is 0.0672. The lowest BCUT2D eigenvalue weighted by Crippen LogP contribution is -2.40. The zero-order valence-corrected chi connectivity index (χ0v) is 19.2. The highest BCUT2D eigenvalue weighted by Gasteiger charge is 2.24. The van der Waals surface area contributed by atoms with Gasteiger partial charge in [0.15, 0.2) is 5.96 Å². The Morgan fingerprint density at radius 1 is 1.06 bits per heavy atom. The third-order valence-corrected chi connectivity index (χ3v) is 6.61. The SMILES string of the molecule is CN=C(NCc1ccc(CN2CCC(C)CC2)cc1)NCC1CC(=O)Nc2ccccc21. The minimum atomic E-state index is 0.0672. The van der Waals surface area contributed by atoms with Gasteiger partial charge in [0.1, 0.15) is 0 Å². The summed E-state index contributed by atoms with van der Waals surface area (Å²) in [6.07, 6.45) is 3.11. The number of benzene rings is 2. The van der Waals surface area contributed by atoms with Crippen LogP contribution in [0.3, 0.4) is 0 Å². The molecule has 3 N–H and O–H groups in total. The van der Waals surface area contributed by atoms with Gasteiger partial charge in [-0.3, -0.25) is 14.7 Å². The molecule has 0 radical (unpaired) electrons. The van der Waals surface area contributed by atoms with Gasteiger partial charge in [-0.05, 0) is 54.6 Å². The largest absolute Gasteiger partial charge is 0.356 e. The lowest BCUT2D eigenvalue weighted by atomic mass is 9.90. The van der Waals surface area contributed by atoms with Gasteiger partial charge >= 0.3 is 0 Å². The first-order valence-corrected chi connectivity index (χ1v) is 11.7. The molecule has 2 heterocycles. The van der Waals surface area contributed by atoms with E-state index in [0.29, 0.717) is 19.5 Å². The van der Waals surface area contributed by atoms with Crippen LogP contribution in [0.2, 0.25) is 0 Å². The van der Waals surface area contributed by atoms with Crippen molar-refractivity contribution in [1.82, 2.24) is 15.5 Å². The number of likely N-dealkylation sites (tertiary alicyclic amines) is 1. The molecule has 0 aromatic heterocycles. The molecule has 170 valence electrons. The fourth-order valence-electron chi connectivity index (χ4n) is 4.55. The average Bonchev–Trinajstić information content (AvgIpc) is 2.81. The van der Waals surface area contributed by atoms with Gasteiger partial charge < -0.3 is 16.0 Å². The number of anilines is 1. The number of fused-ring (bicyclic) bond motifs is 1. The van der Waals surface area contributed by atoms with E-state index in [4.69, 9.17) is 0 Å². The van der Waals surface area contributed by atoms with Crippen LogP contribution in [0.4, 0.5) is 5.69 Å². The minimum Gasteiger partial charge on any atom is -0.356 e. The van der Waals surface area contributed by atoms with E-state index in [1.807, 2.05) is 18.2 Å². The fraction of sp³-hybridized carbons (Fsp3) is 0.462. The molecule has 2 aliphatic rings. The maximum atomic E-state index is 12.0. The van der Waals surface area contributed by atoms with E-state index in [1.54, 1.807) is 7.05 Å². The van der Waals surface area contributed by atoms with Crippen molar-refractivity contribution in [3.63, 3.8) is 0 Å². The highest BCUT2D eigenvalue weighted by atomic mass is 16.1. The van der Waals surface area contributed by atoms with Crippen molar-refractivity contribution < 1.29 is 4.79 Å². The molecule has 1 atom stereocenters. The van der Waals surface area contributed by atoms with Gasteiger partial charge in [-0.15, -0.1) is 0 Å². The summed E-state index contributed by atoms with van der Waals surface area (Å²) >= 11 is 0. The molecule has 2 aliphatic heterocycles. The van der Waals surface area contributed by atoms with Gasteiger partial charge in [0, 0.05) is 44.7 Å². The number of carbonyl (C=O) groups is 1. The zero-order chi connectivity index (χ0) is 22.3. The number of nitrogens with one attached hydrogen (secondary N) is 3. The van der Waals surface area contributed by atoms with E-state index in [0.717, 1.165) is 24.1 Å². The lowest BCUT2D eigenvalue weighted by molar-refractivity contribution is -0.116. The quantitative estimate of drug-likeness (QED) is 0.480. The third-order valence-electron chi connectivity index (χ3n) is 6.61. The van der Waals surface area contributed by atoms with Crippen LogP contribution in [0.25, 0.3) is 0 Å². The zero-order valence-electron chi connectivity index (χ0n) is 19.2. The molecule has 1 amide bonds. The Morgan fingerprint density at radius 2 is 1.78 bits per heavy atom. The monoisotopic (exact) mass is 433 g/mol. The van der Waals surface area contributed by atoms with Crippen LogP contribution >= 0.6 is 0 Å². The first-order chi connectivity index (χ1) is 15.6. The maximum absolute atomic E-state index is 12.0. The summed E-state index contributed by atoms with van der Waals surface area (Å²) in [6, 6.07) is 16.9. The van der Waals surface area contributed by atoms with Crippen LogP contribution in [-0.2, 0) is 17.9 Å². The van der Waals surface area contributed by atoms with Gasteiger partial charge in [0.25, 0.3) is 0 Å². The van der Waals surface area contributed by atoms with Gasteiger partial charge in [-0.2, -0.15) is 0 Å². The first kappa shape index (κ1) is 22.3. The number of aliphatic imine (C=N–C) groups is 1. The number of rotatable bonds is 6. The van der Waals surface area contributed by atoms with Gasteiger partial charge in [-0.1, -0.05) is 49.4 Å². The van der Waals surface area contributed by atoms with E-state index in [2.05, 4.69) is 63.1 Å². The number of para-hydroxylation sites is 1. The number of piperidine rings is 1. The Balaban J connectivity index is 1.25. The van der Waals surface area contributed by atoms with Crippen LogP contribution in [0, 0.1) is 5.92 Å². The molecule has 6 nitrogen and oxygen atoms in total. The number of hydrogen-bond acceptors (Lipinski definition) is 3. The molecule has 1 unspecified atom stereocenters. The van der Waals surface area contributed by atoms with Crippen molar-refractivity contribution in [3.8, 4) is 0 Å². The predicted octanol–water partition coefficient (Wildman–Crippen LogP) is 3.71. The molecule has 4 rings (SSSR count). The summed E-state index contributed by atoms with van der Waals surface area (Å²) in [7, 11) is 1.78. The average molecular weight is 434 g/mol. The highest BCUT2D eigenvalue weighted by molar-refractivity contribution is 5.94. The van der Waals surface area contributed by atoms with Crippen molar-refractivity contribution in [2.45, 2.75) is 45.2 Å². The van der Waals surface area contributed by atoms with Gasteiger partial charge in [-0.25, -0.2) is 0 Å². The molecule has 1 saturated heterocycles. The molecule has 2 aromatic rings. The Kier molecular flexibility index (Phi) is 7.43. The Morgan fingerprint density at radius 3 is 2.53 bits per heavy atom. The summed E-state index contributed by atoms with van der Waals surface area (Å²) in [4.78, 5) is 18.9. The summed E-state index contributed by atoms with van der Waals surface area (Å²) in [5.41, 5.74) is 4.69. The molecule has 0 saturated carbocycles.